The van der Waals surface area contributed by atoms with E-state index in [9.17, 15) is 19.5 Å². The maximum Gasteiger partial charge on any atom is 0.323 e. The van der Waals surface area contributed by atoms with Crippen LogP contribution in [0.1, 0.15) is 17.3 Å². The van der Waals surface area contributed by atoms with Crippen molar-refractivity contribution in [2.45, 2.75) is 13.0 Å². The summed E-state index contributed by atoms with van der Waals surface area (Å²) in [5, 5.41) is 18.9. The molecule has 1 aromatic rings. The Balaban J connectivity index is 2.08. The van der Waals surface area contributed by atoms with Crippen LogP contribution in [0.3, 0.4) is 0 Å². The second-order valence-corrected chi connectivity index (χ2v) is 5.92. The van der Waals surface area contributed by atoms with Gasteiger partial charge in [-0.1, -0.05) is 0 Å². The van der Waals surface area contributed by atoms with Crippen LogP contribution in [0.2, 0.25) is 0 Å². The average Bonchev–Trinajstić information content (AvgIpc) is 2.61. The lowest BCUT2D eigenvalue weighted by molar-refractivity contribution is -0.145. The van der Waals surface area contributed by atoms with Crippen molar-refractivity contribution in [3.05, 3.63) is 23.8 Å². The molecular formula is C17H22N2O7. The Morgan fingerprint density at radius 1 is 1.38 bits per heavy atom. The number of carbonyl (C=O) groups is 3. The Bertz CT molecular complexity index is 692. The van der Waals surface area contributed by atoms with Gasteiger partial charge in [0.1, 0.15) is 18.0 Å². The lowest BCUT2D eigenvalue weighted by Crippen LogP contribution is -2.51. The van der Waals surface area contributed by atoms with Crippen LogP contribution in [-0.4, -0.2) is 83.8 Å². The van der Waals surface area contributed by atoms with Gasteiger partial charge in [0.05, 0.1) is 25.4 Å². The SMILES string of the molecule is COc1ccc(O)c(C(=O)N2CCOC(CN(CC(=O)O)C(C)=O)C2)c1. The van der Waals surface area contributed by atoms with E-state index in [4.69, 9.17) is 14.6 Å². The third kappa shape index (κ3) is 4.85. The van der Waals surface area contributed by atoms with Crippen molar-refractivity contribution in [3.63, 3.8) is 0 Å². The highest BCUT2D eigenvalue weighted by Gasteiger charge is 2.29. The van der Waals surface area contributed by atoms with Gasteiger partial charge in [0.15, 0.2) is 0 Å². The zero-order chi connectivity index (χ0) is 19.3. The summed E-state index contributed by atoms with van der Waals surface area (Å²) in [6, 6.07) is 4.38. The molecule has 9 nitrogen and oxygen atoms in total. The number of hydrogen-bond acceptors (Lipinski definition) is 6. The van der Waals surface area contributed by atoms with E-state index in [0.717, 1.165) is 4.90 Å². The summed E-state index contributed by atoms with van der Waals surface area (Å²) < 4.78 is 10.6. The van der Waals surface area contributed by atoms with Crippen LogP contribution in [0.4, 0.5) is 0 Å². The number of rotatable bonds is 6. The lowest BCUT2D eigenvalue weighted by Gasteiger charge is -2.35. The quantitative estimate of drug-likeness (QED) is 0.737. The number of nitrogens with zero attached hydrogens (tertiary/aromatic N) is 2. The van der Waals surface area contributed by atoms with Crippen molar-refractivity contribution >= 4 is 17.8 Å². The molecule has 142 valence electrons. The Hall–Kier alpha value is -2.81. The third-order valence-electron chi connectivity index (χ3n) is 4.06. The predicted octanol–water partition coefficient (Wildman–Crippen LogP) is 0.175. The van der Waals surface area contributed by atoms with Crippen LogP contribution in [-0.2, 0) is 14.3 Å². The molecule has 9 heteroatoms. The molecule has 1 heterocycles. The van der Waals surface area contributed by atoms with Crippen molar-refractivity contribution < 1.29 is 34.1 Å². The van der Waals surface area contributed by atoms with Gasteiger partial charge in [0.2, 0.25) is 5.91 Å². The van der Waals surface area contributed by atoms with Gasteiger partial charge in [0.25, 0.3) is 5.91 Å². The molecule has 0 aliphatic carbocycles. The van der Waals surface area contributed by atoms with Gasteiger partial charge in [-0.3, -0.25) is 14.4 Å². The summed E-state index contributed by atoms with van der Waals surface area (Å²) in [6.07, 6.45) is -0.510. The minimum atomic E-state index is -1.12. The lowest BCUT2D eigenvalue weighted by atomic mass is 10.1. The third-order valence-corrected chi connectivity index (χ3v) is 4.06. The second-order valence-electron chi connectivity index (χ2n) is 5.92. The molecule has 2 amide bonds. The molecule has 1 unspecified atom stereocenters. The molecule has 1 atom stereocenters. The van der Waals surface area contributed by atoms with Crippen LogP contribution < -0.4 is 4.74 Å². The van der Waals surface area contributed by atoms with Gasteiger partial charge in [0, 0.05) is 26.6 Å². The first-order valence-corrected chi connectivity index (χ1v) is 8.07. The van der Waals surface area contributed by atoms with Gasteiger partial charge in [-0.15, -0.1) is 0 Å². The molecule has 1 fully saturated rings. The van der Waals surface area contributed by atoms with Gasteiger partial charge in [-0.05, 0) is 18.2 Å². The zero-order valence-electron chi connectivity index (χ0n) is 14.7. The number of carbonyl (C=O) groups excluding carboxylic acids is 2. The van der Waals surface area contributed by atoms with E-state index in [1.165, 1.54) is 31.1 Å². The number of ether oxygens (including phenoxy) is 2. The molecule has 1 aliphatic rings. The van der Waals surface area contributed by atoms with Crippen LogP contribution >= 0.6 is 0 Å². The number of aliphatic carboxylic acids is 1. The molecule has 26 heavy (non-hydrogen) atoms. The number of phenols is 1. The first kappa shape index (κ1) is 19.5. The van der Waals surface area contributed by atoms with E-state index in [0.29, 0.717) is 12.3 Å². The number of morpholine rings is 1. The minimum absolute atomic E-state index is 0.0650. The highest BCUT2D eigenvalue weighted by Crippen LogP contribution is 2.25. The number of carboxylic acid groups (broad SMARTS) is 1. The maximum absolute atomic E-state index is 12.7. The van der Waals surface area contributed by atoms with Crippen molar-refractivity contribution in [2.24, 2.45) is 0 Å². The number of carboxylic acids is 1. The summed E-state index contributed by atoms with van der Waals surface area (Å²) in [7, 11) is 1.46. The van der Waals surface area contributed by atoms with Crippen molar-refractivity contribution in [1.82, 2.24) is 9.80 Å². The van der Waals surface area contributed by atoms with Gasteiger partial charge >= 0.3 is 5.97 Å². The van der Waals surface area contributed by atoms with Gasteiger partial charge in [-0.25, -0.2) is 0 Å². The summed E-state index contributed by atoms with van der Waals surface area (Å²) in [5.74, 6) is -1.60. The van der Waals surface area contributed by atoms with E-state index < -0.39 is 18.6 Å². The topological polar surface area (TPSA) is 117 Å². The fourth-order valence-electron chi connectivity index (χ4n) is 2.71. The highest BCUT2D eigenvalue weighted by atomic mass is 16.5. The number of methoxy groups -OCH3 is 1. The molecule has 1 saturated heterocycles. The fourth-order valence-corrected chi connectivity index (χ4v) is 2.71. The van der Waals surface area contributed by atoms with Crippen LogP contribution in [0.15, 0.2) is 18.2 Å². The summed E-state index contributed by atoms with van der Waals surface area (Å²) in [4.78, 5) is 37.8. The Morgan fingerprint density at radius 2 is 2.12 bits per heavy atom. The molecule has 0 aromatic heterocycles. The summed E-state index contributed by atoms with van der Waals surface area (Å²) in [6.45, 7) is 1.67. The molecule has 0 radical (unpaired) electrons. The van der Waals surface area contributed by atoms with E-state index >= 15 is 0 Å². The van der Waals surface area contributed by atoms with Crippen molar-refractivity contribution in [3.8, 4) is 11.5 Å². The normalized spacial score (nSPS) is 16.8. The Morgan fingerprint density at radius 3 is 2.73 bits per heavy atom. The van der Waals surface area contributed by atoms with E-state index in [-0.39, 0.29) is 42.8 Å². The highest BCUT2D eigenvalue weighted by molar-refractivity contribution is 5.97. The molecule has 0 spiro atoms. The Kier molecular flexibility index (Phi) is 6.40. The van der Waals surface area contributed by atoms with E-state index in [1.807, 2.05) is 0 Å². The monoisotopic (exact) mass is 366 g/mol. The van der Waals surface area contributed by atoms with Gasteiger partial charge < -0.3 is 29.5 Å². The first-order valence-electron chi connectivity index (χ1n) is 8.07. The molecule has 0 bridgehead atoms. The number of aromatic hydroxyl groups is 1. The van der Waals surface area contributed by atoms with Crippen LogP contribution in [0.25, 0.3) is 0 Å². The minimum Gasteiger partial charge on any atom is -0.507 e. The molecule has 0 saturated carbocycles. The summed E-state index contributed by atoms with van der Waals surface area (Å²) in [5.41, 5.74) is 0.110. The second kappa shape index (κ2) is 8.52. The fraction of sp³-hybridized carbons (Fsp3) is 0.471. The average molecular weight is 366 g/mol. The van der Waals surface area contributed by atoms with E-state index in [1.54, 1.807) is 6.07 Å². The van der Waals surface area contributed by atoms with Crippen molar-refractivity contribution in [1.29, 1.82) is 0 Å². The smallest absolute Gasteiger partial charge is 0.323 e. The Labute approximate surface area is 150 Å². The van der Waals surface area contributed by atoms with Crippen LogP contribution in [0, 0.1) is 0 Å². The number of phenolic OH excluding ortho intramolecular Hbond substituents is 1. The summed E-state index contributed by atoms with van der Waals surface area (Å²) >= 11 is 0. The standard InChI is InChI=1S/C17H22N2O7/c1-11(20)19(10-16(22)23)9-13-8-18(5-6-26-13)17(24)14-7-12(25-2)3-4-15(14)21/h3-4,7,13,21H,5-6,8-10H2,1-2H3,(H,22,23). The largest absolute Gasteiger partial charge is 0.507 e. The molecule has 2 N–H and O–H groups in total. The number of benzene rings is 1. The zero-order valence-corrected chi connectivity index (χ0v) is 14.7. The molecule has 1 aromatic carbocycles. The number of hydrogen-bond donors (Lipinski definition) is 2. The van der Waals surface area contributed by atoms with E-state index in [2.05, 4.69) is 0 Å². The maximum atomic E-state index is 12.7. The van der Waals surface area contributed by atoms with Gasteiger partial charge in [-0.2, -0.15) is 0 Å². The number of amides is 2. The van der Waals surface area contributed by atoms with Crippen molar-refractivity contribution in [2.75, 3.05) is 39.9 Å². The predicted molar refractivity (Wildman–Crippen MR) is 90.2 cm³/mol. The first-order chi connectivity index (χ1) is 12.3. The molecule has 2 rings (SSSR count). The molecular weight excluding hydrogens is 344 g/mol. The molecule has 1 aliphatic heterocycles. The van der Waals surface area contributed by atoms with Crippen LogP contribution in [0.5, 0.6) is 11.5 Å².